The van der Waals surface area contributed by atoms with Gasteiger partial charge in [-0.15, -0.1) is 0 Å². The lowest BCUT2D eigenvalue weighted by Crippen LogP contribution is -2.59. The molecule has 0 saturated carbocycles. The molecule has 4 rings (SSSR count). The van der Waals surface area contributed by atoms with E-state index in [1.807, 2.05) is 30.3 Å². The Morgan fingerprint density at radius 2 is 1.49 bits per heavy atom. The van der Waals surface area contributed by atoms with Gasteiger partial charge in [0.25, 0.3) is 0 Å². The molecule has 0 radical (unpaired) electrons. The maximum Gasteiger partial charge on any atom is 0.303 e. The van der Waals surface area contributed by atoms with Crippen LogP contribution in [-0.4, -0.2) is 74.2 Å². The van der Waals surface area contributed by atoms with Crippen LogP contribution in [0.15, 0.2) is 42.5 Å². The van der Waals surface area contributed by atoms with Crippen molar-refractivity contribution in [1.82, 2.24) is 0 Å². The predicted molar refractivity (Wildman–Crippen MR) is 151 cm³/mol. The van der Waals surface area contributed by atoms with Crippen molar-refractivity contribution in [2.24, 2.45) is 0 Å². The van der Waals surface area contributed by atoms with Crippen LogP contribution in [0.3, 0.4) is 0 Å². The predicted octanol–water partition coefficient (Wildman–Crippen LogP) is 3.90. The molecule has 43 heavy (non-hydrogen) atoms. The highest BCUT2D eigenvalue weighted by atomic mass is 35.5. The molecule has 0 N–H and O–H groups in total. The lowest BCUT2D eigenvalue weighted by molar-refractivity contribution is -0.254. The van der Waals surface area contributed by atoms with Crippen LogP contribution in [-0.2, 0) is 54.0 Å². The standard InChI is InChI=1S/C31H35ClO11/c1-17(33)38-16-27-29(39-18(2)34)31(41-20(4)36)30(40-19(3)35)28(43-27)22-7-10-26(32)23(14-22)13-21-5-8-24(9-6-21)42-25-11-12-37-15-25/h5-10,14,25,27-31H,11-13,15-16H2,1-4H3/t25-,27+,28?,29+,30-,31-/m0/s1. The first kappa shape index (κ1) is 32.2. The smallest absolute Gasteiger partial charge is 0.303 e. The number of esters is 4. The van der Waals surface area contributed by atoms with Crippen LogP contribution in [0, 0.1) is 0 Å². The number of rotatable bonds is 10. The van der Waals surface area contributed by atoms with Gasteiger partial charge >= 0.3 is 23.9 Å². The van der Waals surface area contributed by atoms with Crippen molar-refractivity contribution in [3.8, 4) is 5.75 Å². The van der Waals surface area contributed by atoms with Crippen molar-refractivity contribution in [1.29, 1.82) is 0 Å². The molecular weight excluding hydrogens is 584 g/mol. The molecule has 1 unspecified atom stereocenters. The summed E-state index contributed by atoms with van der Waals surface area (Å²) in [5.41, 5.74) is 2.28. The van der Waals surface area contributed by atoms with Crippen LogP contribution in [0.4, 0.5) is 0 Å². The van der Waals surface area contributed by atoms with Gasteiger partial charge in [-0.1, -0.05) is 35.9 Å². The number of hydrogen-bond acceptors (Lipinski definition) is 11. The zero-order valence-corrected chi connectivity index (χ0v) is 25.2. The Morgan fingerprint density at radius 3 is 2.09 bits per heavy atom. The lowest BCUT2D eigenvalue weighted by Gasteiger charge is -2.44. The van der Waals surface area contributed by atoms with Gasteiger partial charge in [0.1, 0.15) is 30.7 Å². The Balaban J connectivity index is 1.65. The van der Waals surface area contributed by atoms with E-state index in [9.17, 15) is 19.2 Å². The second-order valence-corrected chi connectivity index (χ2v) is 10.8. The molecule has 0 bridgehead atoms. The van der Waals surface area contributed by atoms with Gasteiger partial charge in [-0.2, -0.15) is 0 Å². The molecule has 0 aliphatic carbocycles. The van der Waals surface area contributed by atoms with Gasteiger partial charge in [-0.3, -0.25) is 19.2 Å². The lowest BCUT2D eigenvalue weighted by atomic mass is 9.89. The van der Waals surface area contributed by atoms with Crippen molar-refractivity contribution in [2.75, 3.05) is 19.8 Å². The third kappa shape index (κ3) is 8.92. The van der Waals surface area contributed by atoms with E-state index in [0.29, 0.717) is 30.2 Å². The molecule has 0 aromatic heterocycles. The monoisotopic (exact) mass is 618 g/mol. The zero-order chi connectivity index (χ0) is 31.1. The average Bonchev–Trinajstić information content (AvgIpc) is 3.44. The third-order valence-corrected chi connectivity index (χ3v) is 7.27. The summed E-state index contributed by atoms with van der Waals surface area (Å²) in [5.74, 6) is -1.90. The van der Waals surface area contributed by atoms with Gasteiger partial charge in [0.05, 0.1) is 13.2 Å². The van der Waals surface area contributed by atoms with Crippen LogP contribution in [0.25, 0.3) is 0 Å². The highest BCUT2D eigenvalue weighted by molar-refractivity contribution is 6.31. The number of hydrogen-bond donors (Lipinski definition) is 0. The molecule has 2 aromatic carbocycles. The second kappa shape index (κ2) is 14.7. The number of carbonyl (C=O) groups excluding carboxylic acids is 4. The van der Waals surface area contributed by atoms with Gasteiger partial charge in [0, 0.05) is 39.1 Å². The Kier molecular flexibility index (Phi) is 11.0. The molecule has 232 valence electrons. The maximum atomic E-state index is 12.2. The summed E-state index contributed by atoms with van der Waals surface area (Å²) in [6, 6.07) is 12.9. The highest BCUT2D eigenvalue weighted by Gasteiger charge is 2.52. The number of ether oxygens (including phenoxy) is 7. The topological polar surface area (TPSA) is 133 Å². The summed E-state index contributed by atoms with van der Waals surface area (Å²) in [5, 5.41) is 0.498. The molecule has 2 fully saturated rings. The van der Waals surface area contributed by atoms with E-state index in [1.165, 1.54) is 27.7 Å². The Bertz CT molecular complexity index is 1310. The van der Waals surface area contributed by atoms with Crippen LogP contribution in [0.1, 0.15) is 56.9 Å². The van der Waals surface area contributed by atoms with Gasteiger partial charge in [-0.05, 0) is 41.3 Å². The quantitative estimate of drug-likeness (QED) is 0.284. The van der Waals surface area contributed by atoms with Crippen LogP contribution < -0.4 is 4.74 Å². The largest absolute Gasteiger partial charge is 0.488 e. The van der Waals surface area contributed by atoms with Crippen LogP contribution in [0.5, 0.6) is 5.75 Å². The number of halogens is 1. The highest BCUT2D eigenvalue weighted by Crippen LogP contribution is 2.39. The summed E-state index contributed by atoms with van der Waals surface area (Å²) in [6.07, 6.45) is -4.39. The molecule has 2 saturated heterocycles. The fourth-order valence-corrected chi connectivity index (χ4v) is 5.29. The summed E-state index contributed by atoms with van der Waals surface area (Å²) >= 11 is 6.59. The van der Waals surface area contributed by atoms with E-state index < -0.39 is 54.4 Å². The maximum absolute atomic E-state index is 12.2. The molecule has 0 amide bonds. The minimum atomic E-state index is -1.26. The van der Waals surface area contributed by atoms with E-state index >= 15 is 0 Å². The molecule has 2 aliphatic rings. The number of benzene rings is 2. The molecule has 6 atom stereocenters. The summed E-state index contributed by atoms with van der Waals surface area (Å²) in [6.45, 7) is 5.73. The first-order chi connectivity index (χ1) is 20.5. The first-order valence-corrected chi connectivity index (χ1v) is 14.3. The summed E-state index contributed by atoms with van der Waals surface area (Å²) in [4.78, 5) is 48.0. The fourth-order valence-electron chi connectivity index (χ4n) is 5.11. The van der Waals surface area contributed by atoms with Crippen LogP contribution in [0.2, 0.25) is 5.02 Å². The Morgan fingerprint density at radius 1 is 0.837 bits per heavy atom. The van der Waals surface area contributed by atoms with Gasteiger partial charge < -0.3 is 33.2 Å². The molecule has 2 aliphatic heterocycles. The van der Waals surface area contributed by atoms with Crippen molar-refractivity contribution < 1.29 is 52.3 Å². The Labute approximate surface area is 254 Å². The van der Waals surface area contributed by atoms with Gasteiger partial charge in [0.2, 0.25) is 0 Å². The molecule has 2 aromatic rings. The van der Waals surface area contributed by atoms with E-state index in [1.54, 1.807) is 12.1 Å². The summed E-state index contributed by atoms with van der Waals surface area (Å²) < 4.78 is 39.4. The first-order valence-electron chi connectivity index (χ1n) is 13.9. The van der Waals surface area contributed by atoms with Gasteiger partial charge in [-0.25, -0.2) is 0 Å². The Hall–Kier alpha value is -3.67. The number of carbonyl (C=O) groups is 4. The van der Waals surface area contributed by atoms with E-state index in [-0.39, 0.29) is 12.7 Å². The third-order valence-electron chi connectivity index (χ3n) is 6.90. The molecular formula is C31H35ClO11. The molecule has 2 heterocycles. The van der Waals surface area contributed by atoms with E-state index in [0.717, 1.165) is 23.3 Å². The molecule has 12 heteroatoms. The SMILES string of the molecule is CC(=O)OC[C@H]1OC(c2ccc(Cl)c(Cc3ccc(O[C@H]4CCOC4)cc3)c2)[C@H](OC(C)=O)[C@@H](OC(C)=O)[C@@H]1OC(C)=O. The fraction of sp³-hybridized carbons (Fsp3) is 0.484. The second-order valence-electron chi connectivity index (χ2n) is 10.4. The van der Waals surface area contributed by atoms with Crippen molar-refractivity contribution >= 4 is 35.5 Å². The minimum Gasteiger partial charge on any atom is -0.488 e. The zero-order valence-electron chi connectivity index (χ0n) is 24.4. The summed E-state index contributed by atoms with van der Waals surface area (Å²) in [7, 11) is 0. The van der Waals surface area contributed by atoms with Gasteiger partial charge in [0.15, 0.2) is 18.3 Å². The molecule has 11 nitrogen and oxygen atoms in total. The van der Waals surface area contributed by atoms with E-state index in [2.05, 4.69) is 0 Å². The van der Waals surface area contributed by atoms with E-state index in [4.69, 9.17) is 44.8 Å². The average molecular weight is 619 g/mol. The van der Waals surface area contributed by atoms with Crippen LogP contribution >= 0.6 is 11.6 Å². The van der Waals surface area contributed by atoms with Crippen molar-refractivity contribution in [3.63, 3.8) is 0 Å². The normalized spacial score (nSPS) is 25.0. The van der Waals surface area contributed by atoms with Crippen molar-refractivity contribution in [3.05, 3.63) is 64.2 Å². The minimum absolute atomic E-state index is 0.0403. The molecule has 0 spiro atoms. The van der Waals surface area contributed by atoms with Crippen molar-refractivity contribution in [2.45, 2.75) is 77.2 Å².